The average molecular weight is 975 g/mol. The van der Waals surface area contributed by atoms with Crippen molar-refractivity contribution in [2.45, 2.75) is 157 Å². The zero-order valence-corrected chi connectivity index (χ0v) is 40.5. The van der Waals surface area contributed by atoms with Gasteiger partial charge in [0, 0.05) is 13.0 Å². The normalized spacial score (nSPS) is 32.4. The Hall–Kier alpha value is -3.45. The first-order valence-electron chi connectivity index (χ1n) is 23.2. The third-order valence-corrected chi connectivity index (χ3v) is 17.9. The molecule has 3 aliphatic rings. The fourth-order valence-corrected chi connectivity index (χ4v) is 13.6. The lowest BCUT2D eigenvalue weighted by Crippen LogP contribution is -2.70. The van der Waals surface area contributed by atoms with Crippen LogP contribution in [0.4, 0.5) is 0 Å². The van der Waals surface area contributed by atoms with Crippen LogP contribution in [0.1, 0.15) is 58.9 Å². The van der Waals surface area contributed by atoms with E-state index in [9.17, 15) is 40.5 Å². The van der Waals surface area contributed by atoms with Crippen LogP contribution in [0.3, 0.4) is 0 Å². The summed E-state index contributed by atoms with van der Waals surface area (Å²) in [5.74, 6) is 0.261. The molecule has 0 bridgehead atoms. The number of aliphatic hydroxyl groups excluding tert-OH is 7. The summed E-state index contributed by atoms with van der Waals surface area (Å²) in [5.41, 5.74) is 0.687. The van der Waals surface area contributed by atoms with E-state index in [1.807, 2.05) is 60.7 Å². The van der Waals surface area contributed by atoms with Crippen LogP contribution >= 0.6 is 0 Å². The van der Waals surface area contributed by atoms with Gasteiger partial charge in [0.1, 0.15) is 72.9 Å². The fraction of sp³-hybridized carbons (Fsp3) is 0.612. The van der Waals surface area contributed by atoms with Gasteiger partial charge in [-0.1, -0.05) is 100.0 Å². The summed E-state index contributed by atoms with van der Waals surface area (Å²) < 4.78 is 63.0. The second kappa shape index (κ2) is 24.6. The number of hydrogen-bond donors (Lipinski definition) is 7. The largest absolute Gasteiger partial charge is 0.497 e. The minimum absolute atomic E-state index is 0.0859. The van der Waals surface area contributed by atoms with Crippen LogP contribution in [0.2, 0.25) is 5.04 Å². The maximum absolute atomic E-state index is 11.9. The van der Waals surface area contributed by atoms with E-state index in [0.29, 0.717) is 30.6 Å². The zero-order valence-electron chi connectivity index (χ0n) is 39.5. The van der Waals surface area contributed by atoms with Crippen LogP contribution in [0, 0.1) is 0 Å². The number of unbranched alkanes of at least 4 members (excludes halogenated alkanes) is 2. The molecule has 19 heteroatoms. The molecule has 0 saturated carbocycles. The van der Waals surface area contributed by atoms with E-state index in [2.05, 4.69) is 20.8 Å². The number of benzene rings is 3. The van der Waals surface area contributed by atoms with Crippen LogP contribution in [-0.2, 0) is 53.7 Å². The maximum Gasteiger partial charge on any atom is 0.305 e. The Labute approximate surface area is 398 Å². The summed E-state index contributed by atoms with van der Waals surface area (Å²) >= 11 is 0. The van der Waals surface area contributed by atoms with Crippen LogP contribution in [0.5, 0.6) is 5.75 Å². The Balaban J connectivity index is 1.46. The molecule has 3 saturated heterocycles. The highest BCUT2D eigenvalue weighted by Gasteiger charge is 2.57. The molecule has 6 rings (SSSR count). The van der Waals surface area contributed by atoms with Crippen molar-refractivity contribution in [1.29, 1.82) is 0 Å². The van der Waals surface area contributed by atoms with Crippen LogP contribution in [0.25, 0.3) is 0 Å². The van der Waals surface area contributed by atoms with Gasteiger partial charge in [0.25, 0.3) is 8.32 Å². The van der Waals surface area contributed by atoms with Crippen molar-refractivity contribution >= 4 is 24.7 Å². The highest BCUT2D eigenvalue weighted by atomic mass is 28.4. The molecule has 15 atom stereocenters. The third-order valence-electron chi connectivity index (χ3n) is 12.8. The van der Waals surface area contributed by atoms with Gasteiger partial charge in [-0.15, -0.1) is 0 Å². The summed E-state index contributed by atoms with van der Waals surface area (Å²) in [5, 5.41) is 77.6. The molecule has 68 heavy (non-hydrogen) atoms. The van der Waals surface area contributed by atoms with Crippen molar-refractivity contribution < 1.29 is 87.6 Å². The quantitative estimate of drug-likeness (QED) is 0.0447. The van der Waals surface area contributed by atoms with Crippen molar-refractivity contribution in [2.24, 2.45) is 0 Å². The monoisotopic (exact) mass is 974 g/mol. The first kappa shape index (κ1) is 53.9. The first-order chi connectivity index (χ1) is 32.5. The Kier molecular flexibility index (Phi) is 19.5. The number of carbonyl (C=O) groups excluding carboxylic acids is 1. The van der Waals surface area contributed by atoms with Gasteiger partial charge in [0.05, 0.1) is 40.1 Å². The van der Waals surface area contributed by atoms with Gasteiger partial charge in [-0.25, -0.2) is 0 Å². The second-order valence-electron chi connectivity index (χ2n) is 18.5. The van der Waals surface area contributed by atoms with E-state index >= 15 is 0 Å². The molecule has 18 nitrogen and oxygen atoms in total. The van der Waals surface area contributed by atoms with E-state index in [1.54, 1.807) is 31.4 Å². The standard InChI is InChI=1S/C49H70O18Si/c1-29-37(52)39(54)41(56)46(63-29)67-45-44(61-27-30-21-23-31(58-5)24-22-30)43(66-47-42(57)40(55)38(53)34(26-50)64-47)35(65-48(45)60-25-15-9-14-20-36(51)59-6)28-62-68(49(2,3)4,32-16-10-7-11-17-32)33-18-12-8-13-19-33/h7-8,10-13,16-19,21-24,29,34-35,37-48,50,52-57H,9,14-15,20,25-28H2,1-6H3/t29-,34+,35+,37+,38+,39+,40-,41-,42+,43-,44-,45+,46-,47?,48+/m0/s1. The SMILES string of the molecule is COC(=O)CCCCCO[C@@H]1O[C@H](CO[Si](c2ccccc2)(c2ccccc2)C(C)(C)C)[C@H](OC2O[C@H](CO)[C@@H](O)[C@H](O)[C@H]2O)[C@H](OCc2ccc(OC)cc2)[C@H]1O[C@@H]1O[C@@H](C)[C@@H](O)[C@@H](O)[C@@H]1O. The fourth-order valence-electron chi connectivity index (χ4n) is 8.99. The van der Waals surface area contributed by atoms with E-state index < -0.39 is 112 Å². The Morgan fingerprint density at radius 3 is 1.78 bits per heavy atom. The minimum atomic E-state index is -3.32. The van der Waals surface area contributed by atoms with Gasteiger partial charge in [0.15, 0.2) is 18.9 Å². The van der Waals surface area contributed by atoms with Crippen LogP contribution < -0.4 is 15.1 Å². The van der Waals surface area contributed by atoms with Gasteiger partial charge < -0.3 is 82.8 Å². The number of rotatable bonds is 21. The summed E-state index contributed by atoms with van der Waals surface area (Å²) in [4.78, 5) is 11.9. The molecular weight excluding hydrogens is 905 g/mol. The van der Waals surface area contributed by atoms with E-state index in [0.717, 1.165) is 10.4 Å². The Morgan fingerprint density at radius 2 is 1.21 bits per heavy atom. The van der Waals surface area contributed by atoms with E-state index in [1.165, 1.54) is 14.0 Å². The molecule has 0 radical (unpaired) electrons. The molecule has 0 amide bonds. The molecule has 0 aromatic heterocycles. The minimum Gasteiger partial charge on any atom is -0.497 e. The molecule has 3 aliphatic heterocycles. The zero-order chi connectivity index (χ0) is 49.2. The molecule has 3 heterocycles. The van der Waals surface area contributed by atoms with Gasteiger partial charge in [-0.3, -0.25) is 4.79 Å². The van der Waals surface area contributed by atoms with Crippen molar-refractivity contribution in [3.8, 4) is 5.75 Å². The molecule has 3 aromatic rings. The summed E-state index contributed by atoms with van der Waals surface area (Å²) in [6.07, 6.45) is -20.5. The number of ether oxygens (including phenoxy) is 9. The lowest BCUT2D eigenvalue weighted by molar-refractivity contribution is -0.389. The molecule has 378 valence electrons. The molecule has 3 fully saturated rings. The second-order valence-corrected chi connectivity index (χ2v) is 22.8. The highest BCUT2D eigenvalue weighted by Crippen LogP contribution is 2.40. The van der Waals surface area contributed by atoms with Crippen molar-refractivity contribution in [1.82, 2.24) is 0 Å². The summed E-state index contributed by atoms with van der Waals surface area (Å²) in [6.45, 7) is 6.93. The van der Waals surface area contributed by atoms with Crippen molar-refractivity contribution in [3.63, 3.8) is 0 Å². The lowest BCUT2D eigenvalue weighted by Gasteiger charge is -2.51. The van der Waals surface area contributed by atoms with E-state index in [-0.39, 0.29) is 32.2 Å². The van der Waals surface area contributed by atoms with Gasteiger partial charge in [-0.2, -0.15) is 0 Å². The third kappa shape index (κ3) is 12.5. The van der Waals surface area contributed by atoms with Gasteiger partial charge in [0.2, 0.25) is 0 Å². The molecule has 0 aliphatic carbocycles. The summed E-state index contributed by atoms with van der Waals surface area (Å²) in [6, 6.07) is 26.9. The Morgan fingerprint density at radius 1 is 0.632 bits per heavy atom. The molecule has 3 aromatic carbocycles. The van der Waals surface area contributed by atoms with Crippen LogP contribution in [-0.4, -0.2) is 176 Å². The van der Waals surface area contributed by atoms with Crippen LogP contribution in [0.15, 0.2) is 84.9 Å². The molecule has 7 N–H and O–H groups in total. The number of carbonyl (C=O) groups is 1. The molecule has 1 unspecified atom stereocenters. The molecule has 0 spiro atoms. The predicted molar refractivity (Wildman–Crippen MR) is 246 cm³/mol. The van der Waals surface area contributed by atoms with Gasteiger partial charge >= 0.3 is 5.97 Å². The topological polar surface area (TPSA) is 251 Å². The molecular formula is C49H70O18Si. The number of methoxy groups -OCH3 is 2. The first-order valence-corrected chi connectivity index (χ1v) is 25.1. The highest BCUT2D eigenvalue weighted by molar-refractivity contribution is 6.99. The summed E-state index contributed by atoms with van der Waals surface area (Å²) in [7, 11) is -0.442. The predicted octanol–water partition coefficient (Wildman–Crippen LogP) is 1.03. The number of esters is 1. The van der Waals surface area contributed by atoms with E-state index in [4.69, 9.17) is 47.1 Å². The maximum atomic E-state index is 11.9. The number of aliphatic hydroxyl groups is 7. The van der Waals surface area contributed by atoms with Crippen molar-refractivity contribution in [3.05, 3.63) is 90.5 Å². The van der Waals surface area contributed by atoms with Crippen molar-refractivity contribution in [2.75, 3.05) is 34.0 Å². The Bertz CT molecular complexity index is 1920. The van der Waals surface area contributed by atoms with Gasteiger partial charge in [-0.05, 0) is 52.9 Å². The smallest absolute Gasteiger partial charge is 0.305 e. The average Bonchev–Trinajstić information content (AvgIpc) is 3.34. The number of hydrogen-bond acceptors (Lipinski definition) is 18. The lowest BCUT2D eigenvalue weighted by atomic mass is 9.96.